The zero-order valence-electron chi connectivity index (χ0n) is 13.8. The molecule has 0 aliphatic heterocycles. The summed E-state index contributed by atoms with van der Waals surface area (Å²) in [6.45, 7) is 5.72. The number of amides is 2. The van der Waals surface area contributed by atoms with Crippen LogP contribution in [0.25, 0.3) is 0 Å². The molecule has 6 heteroatoms. The fourth-order valence-corrected chi connectivity index (χ4v) is 2.67. The van der Waals surface area contributed by atoms with Gasteiger partial charge in [0.2, 0.25) is 0 Å². The molecular formula is C15H28N2O4. The van der Waals surface area contributed by atoms with E-state index in [1.54, 1.807) is 7.05 Å². The van der Waals surface area contributed by atoms with Gasteiger partial charge in [0.1, 0.15) is 5.60 Å². The van der Waals surface area contributed by atoms with Crippen LogP contribution >= 0.6 is 0 Å². The summed E-state index contributed by atoms with van der Waals surface area (Å²) in [6.07, 6.45) is 4.13. The Morgan fingerprint density at radius 3 is 2.24 bits per heavy atom. The van der Waals surface area contributed by atoms with Crippen LogP contribution in [0.2, 0.25) is 0 Å². The number of hydroxylamine groups is 2. The number of nitrogens with zero attached hydrogens (tertiary/aromatic N) is 1. The van der Waals surface area contributed by atoms with Crippen molar-refractivity contribution < 1.29 is 19.2 Å². The van der Waals surface area contributed by atoms with Crippen LogP contribution in [0.1, 0.15) is 52.9 Å². The molecule has 1 aliphatic carbocycles. The molecular weight excluding hydrogens is 272 g/mol. The lowest BCUT2D eigenvalue weighted by molar-refractivity contribution is -0.182. The van der Waals surface area contributed by atoms with E-state index in [1.165, 1.54) is 12.2 Å². The number of carbonyl (C=O) groups is 2. The van der Waals surface area contributed by atoms with Gasteiger partial charge in [0.05, 0.1) is 12.5 Å². The van der Waals surface area contributed by atoms with E-state index in [0.717, 1.165) is 32.1 Å². The summed E-state index contributed by atoms with van der Waals surface area (Å²) < 4.78 is 5.23. The van der Waals surface area contributed by atoms with E-state index in [9.17, 15) is 9.59 Å². The first-order chi connectivity index (χ1) is 9.70. The second-order valence-electron chi connectivity index (χ2n) is 6.68. The van der Waals surface area contributed by atoms with Crippen LogP contribution in [0.15, 0.2) is 0 Å². The molecule has 0 spiro atoms. The van der Waals surface area contributed by atoms with Gasteiger partial charge in [-0.05, 0) is 33.6 Å². The maximum Gasteiger partial charge on any atom is 0.407 e. The molecule has 0 heterocycles. The van der Waals surface area contributed by atoms with Crippen LogP contribution in [0.4, 0.5) is 4.79 Å². The normalized spacial score (nSPS) is 18.0. The van der Waals surface area contributed by atoms with E-state index < -0.39 is 17.1 Å². The Labute approximate surface area is 127 Å². The minimum Gasteiger partial charge on any atom is -0.444 e. The predicted molar refractivity (Wildman–Crippen MR) is 79.5 cm³/mol. The monoisotopic (exact) mass is 300 g/mol. The highest BCUT2D eigenvalue weighted by molar-refractivity contribution is 5.82. The fourth-order valence-electron chi connectivity index (χ4n) is 2.67. The van der Waals surface area contributed by atoms with Crippen LogP contribution in [0, 0.1) is 5.41 Å². The molecule has 0 unspecified atom stereocenters. The van der Waals surface area contributed by atoms with E-state index in [4.69, 9.17) is 9.57 Å². The summed E-state index contributed by atoms with van der Waals surface area (Å²) in [5.74, 6) is -0.0826. The lowest BCUT2D eigenvalue weighted by atomic mass is 9.73. The molecule has 122 valence electrons. The number of hydrogen-bond donors (Lipinski definition) is 1. The van der Waals surface area contributed by atoms with Gasteiger partial charge in [-0.1, -0.05) is 19.3 Å². The molecule has 0 atom stereocenters. The fraction of sp³-hybridized carbons (Fsp3) is 0.867. The van der Waals surface area contributed by atoms with Crippen molar-refractivity contribution in [2.75, 3.05) is 20.7 Å². The van der Waals surface area contributed by atoms with Crippen LogP contribution in [-0.4, -0.2) is 43.4 Å². The lowest BCUT2D eigenvalue weighted by Crippen LogP contribution is -2.50. The summed E-state index contributed by atoms with van der Waals surface area (Å²) in [5.41, 5.74) is -1.13. The average Bonchev–Trinajstić information content (AvgIpc) is 2.42. The van der Waals surface area contributed by atoms with E-state index in [0.29, 0.717) is 0 Å². The highest BCUT2D eigenvalue weighted by atomic mass is 16.7. The number of hydrogen-bond acceptors (Lipinski definition) is 4. The summed E-state index contributed by atoms with van der Waals surface area (Å²) in [5, 5.41) is 4.00. The molecule has 0 bridgehead atoms. The molecule has 1 fully saturated rings. The van der Waals surface area contributed by atoms with Gasteiger partial charge in [-0.2, -0.15) is 0 Å². The number of alkyl carbamates (subject to hydrolysis) is 1. The topological polar surface area (TPSA) is 67.9 Å². The van der Waals surface area contributed by atoms with Crippen molar-refractivity contribution in [3.8, 4) is 0 Å². The Kier molecular flexibility index (Phi) is 6.01. The first kappa shape index (κ1) is 17.8. The summed E-state index contributed by atoms with van der Waals surface area (Å²) in [7, 11) is 3.07. The van der Waals surface area contributed by atoms with Crippen molar-refractivity contribution in [1.29, 1.82) is 0 Å². The Balaban J connectivity index is 2.71. The smallest absolute Gasteiger partial charge is 0.407 e. The predicted octanol–water partition coefficient (Wildman–Crippen LogP) is 2.48. The van der Waals surface area contributed by atoms with Gasteiger partial charge < -0.3 is 10.1 Å². The molecule has 2 amide bonds. The minimum absolute atomic E-state index is 0.0826. The van der Waals surface area contributed by atoms with Crippen LogP contribution in [0.5, 0.6) is 0 Å². The third-order valence-corrected chi connectivity index (χ3v) is 3.79. The van der Waals surface area contributed by atoms with Gasteiger partial charge in [-0.3, -0.25) is 9.63 Å². The molecule has 0 aromatic rings. The van der Waals surface area contributed by atoms with Crippen molar-refractivity contribution in [2.45, 2.75) is 58.5 Å². The first-order valence-electron chi connectivity index (χ1n) is 7.49. The molecule has 0 aromatic carbocycles. The van der Waals surface area contributed by atoms with Crippen molar-refractivity contribution in [2.24, 2.45) is 5.41 Å². The Morgan fingerprint density at radius 1 is 1.19 bits per heavy atom. The summed E-state index contributed by atoms with van der Waals surface area (Å²) >= 11 is 0. The van der Waals surface area contributed by atoms with Crippen molar-refractivity contribution in [3.05, 3.63) is 0 Å². The second kappa shape index (κ2) is 7.11. The van der Waals surface area contributed by atoms with Crippen LogP contribution in [-0.2, 0) is 14.4 Å². The molecule has 21 heavy (non-hydrogen) atoms. The highest BCUT2D eigenvalue weighted by Gasteiger charge is 2.42. The maximum absolute atomic E-state index is 12.6. The SMILES string of the molecule is CON(C)C(=O)C1(CNC(=O)OC(C)(C)C)CCCCC1. The zero-order chi connectivity index (χ0) is 16.1. The Hall–Kier alpha value is -1.30. The van der Waals surface area contributed by atoms with Crippen LogP contribution in [0.3, 0.4) is 0 Å². The van der Waals surface area contributed by atoms with E-state index in [2.05, 4.69) is 5.32 Å². The van der Waals surface area contributed by atoms with E-state index in [-0.39, 0.29) is 12.5 Å². The van der Waals surface area contributed by atoms with Crippen molar-refractivity contribution >= 4 is 12.0 Å². The van der Waals surface area contributed by atoms with Crippen molar-refractivity contribution in [1.82, 2.24) is 10.4 Å². The van der Waals surface area contributed by atoms with Gasteiger partial charge in [0.15, 0.2) is 0 Å². The maximum atomic E-state index is 12.6. The van der Waals surface area contributed by atoms with Gasteiger partial charge >= 0.3 is 6.09 Å². The molecule has 1 N–H and O–H groups in total. The number of carbonyl (C=O) groups excluding carboxylic acids is 2. The molecule has 0 saturated heterocycles. The largest absolute Gasteiger partial charge is 0.444 e. The number of ether oxygens (including phenoxy) is 1. The Morgan fingerprint density at radius 2 is 1.76 bits per heavy atom. The summed E-state index contributed by atoms with van der Waals surface area (Å²) in [6, 6.07) is 0. The molecule has 6 nitrogen and oxygen atoms in total. The van der Waals surface area contributed by atoms with E-state index >= 15 is 0 Å². The molecule has 1 rings (SSSR count). The molecule has 1 aliphatic rings. The Bertz CT molecular complexity index is 370. The standard InChI is InChI=1S/C15H28N2O4/c1-14(2,3)21-13(19)16-11-15(9-7-6-8-10-15)12(18)17(4)20-5/h6-11H2,1-5H3,(H,16,19). The molecule has 1 saturated carbocycles. The average molecular weight is 300 g/mol. The quantitative estimate of drug-likeness (QED) is 0.810. The zero-order valence-corrected chi connectivity index (χ0v) is 13.8. The third kappa shape index (κ3) is 5.19. The molecule has 0 radical (unpaired) electrons. The van der Waals surface area contributed by atoms with Gasteiger partial charge in [0, 0.05) is 13.6 Å². The first-order valence-corrected chi connectivity index (χ1v) is 7.49. The number of rotatable bonds is 4. The van der Waals surface area contributed by atoms with E-state index in [1.807, 2.05) is 20.8 Å². The van der Waals surface area contributed by atoms with Crippen LogP contribution < -0.4 is 5.32 Å². The van der Waals surface area contributed by atoms with Crippen molar-refractivity contribution in [3.63, 3.8) is 0 Å². The second-order valence-corrected chi connectivity index (χ2v) is 6.68. The van der Waals surface area contributed by atoms with Gasteiger partial charge in [-0.25, -0.2) is 9.86 Å². The highest BCUT2D eigenvalue weighted by Crippen LogP contribution is 2.37. The third-order valence-electron chi connectivity index (χ3n) is 3.79. The lowest BCUT2D eigenvalue weighted by Gasteiger charge is -2.38. The van der Waals surface area contributed by atoms with Gasteiger partial charge in [-0.15, -0.1) is 0 Å². The summed E-state index contributed by atoms with van der Waals surface area (Å²) in [4.78, 5) is 29.4. The van der Waals surface area contributed by atoms with Gasteiger partial charge in [0.25, 0.3) is 5.91 Å². The minimum atomic E-state index is -0.583. The molecule has 0 aromatic heterocycles. The number of nitrogens with one attached hydrogen (secondary N) is 1.